The number of para-hydroxylation sites is 1. The van der Waals surface area contributed by atoms with E-state index in [1.165, 1.54) is 4.80 Å². The molecule has 0 saturated carbocycles. The lowest BCUT2D eigenvalue weighted by Crippen LogP contribution is -2.29. The Hall–Kier alpha value is -1.77. The number of hydrogen-bond acceptors (Lipinski definition) is 6. The van der Waals surface area contributed by atoms with Crippen LogP contribution in [-0.2, 0) is 13.5 Å². The molecule has 2 heterocycles. The van der Waals surface area contributed by atoms with E-state index in [0.29, 0.717) is 12.2 Å². The first-order valence-corrected chi connectivity index (χ1v) is 6.83. The van der Waals surface area contributed by atoms with Gasteiger partial charge in [0.25, 0.3) is 0 Å². The minimum Gasteiger partial charge on any atom is -0.458 e. The number of aromatic nitrogens is 4. The second-order valence-electron chi connectivity index (χ2n) is 4.43. The van der Waals surface area contributed by atoms with Gasteiger partial charge in [0.05, 0.1) is 17.6 Å². The van der Waals surface area contributed by atoms with Crippen molar-refractivity contribution in [3.8, 4) is 0 Å². The van der Waals surface area contributed by atoms with Crippen molar-refractivity contribution in [1.82, 2.24) is 25.6 Å². The minimum atomic E-state index is -0.210. The van der Waals surface area contributed by atoms with Crippen LogP contribution in [0.3, 0.4) is 0 Å². The van der Waals surface area contributed by atoms with Crippen LogP contribution < -0.4 is 11.3 Å². The number of nitrogens with zero attached hydrogens (tertiary/aromatic N) is 4. The topological polar surface area (TPSA) is 94.8 Å². The standard InChI is InChI=1S/C12H13BrN6O/c1-19-17-11(16-18-19)6-9(15-14)10-5-7-3-2-4-8(13)12(7)20-10/h2-5,9,15H,6,14H2,1H3. The number of nitrogens with two attached hydrogens (primary N) is 1. The van der Waals surface area contributed by atoms with Crippen LogP contribution in [0.1, 0.15) is 17.6 Å². The molecule has 2 aromatic heterocycles. The molecular weight excluding hydrogens is 324 g/mol. The molecule has 0 radical (unpaired) electrons. The molecule has 0 aliphatic carbocycles. The molecule has 0 bridgehead atoms. The van der Waals surface area contributed by atoms with Crippen molar-refractivity contribution < 1.29 is 4.42 Å². The molecule has 1 unspecified atom stereocenters. The van der Waals surface area contributed by atoms with Crippen molar-refractivity contribution in [2.45, 2.75) is 12.5 Å². The maximum absolute atomic E-state index is 5.86. The van der Waals surface area contributed by atoms with E-state index in [-0.39, 0.29) is 6.04 Å². The van der Waals surface area contributed by atoms with Crippen molar-refractivity contribution >= 4 is 26.9 Å². The summed E-state index contributed by atoms with van der Waals surface area (Å²) in [5, 5.41) is 12.9. The molecule has 3 aromatic rings. The molecule has 3 rings (SSSR count). The number of hydrogen-bond donors (Lipinski definition) is 2. The monoisotopic (exact) mass is 336 g/mol. The highest BCUT2D eigenvalue weighted by Gasteiger charge is 2.18. The third kappa shape index (κ3) is 2.45. The molecule has 0 amide bonds. The Morgan fingerprint density at radius 1 is 1.50 bits per heavy atom. The lowest BCUT2D eigenvalue weighted by Gasteiger charge is -2.10. The highest BCUT2D eigenvalue weighted by Crippen LogP contribution is 2.30. The smallest absolute Gasteiger partial charge is 0.176 e. The molecule has 0 fully saturated rings. The molecule has 8 heteroatoms. The van der Waals surface area contributed by atoms with Gasteiger partial charge in [0, 0.05) is 11.8 Å². The maximum atomic E-state index is 5.86. The highest BCUT2D eigenvalue weighted by molar-refractivity contribution is 9.10. The number of hydrazine groups is 1. The van der Waals surface area contributed by atoms with Crippen LogP contribution in [0.15, 0.2) is 33.2 Å². The Morgan fingerprint density at radius 3 is 3.00 bits per heavy atom. The number of fused-ring (bicyclic) bond motifs is 1. The van der Waals surface area contributed by atoms with Crippen LogP contribution >= 0.6 is 15.9 Å². The fourth-order valence-corrected chi connectivity index (χ4v) is 2.51. The summed E-state index contributed by atoms with van der Waals surface area (Å²) in [6.45, 7) is 0. The van der Waals surface area contributed by atoms with Gasteiger partial charge in [-0.15, -0.1) is 10.2 Å². The third-order valence-corrected chi connectivity index (χ3v) is 3.62. The van der Waals surface area contributed by atoms with Crippen LogP contribution in [0.25, 0.3) is 11.0 Å². The zero-order valence-corrected chi connectivity index (χ0v) is 12.3. The SMILES string of the molecule is Cn1nnc(CC(NN)c2cc3cccc(Br)c3o2)n1. The Balaban J connectivity index is 1.92. The molecule has 1 atom stereocenters. The lowest BCUT2D eigenvalue weighted by molar-refractivity contribution is 0.428. The molecule has 1 aromatic carbocycles. The van der Waals surface area contributed by atoms with E-state index >= 15 is 0 Å². The van der Waals surface area contributed by atoms with Crippen LogP contribution in [0.2, 0.25) is 0 Å². The van der Waals surface area contributed by atoms with E-state index in [1.807, 2.05) is 24.3 Å². The van der Waals surface area contributed by atoms with E-state index in [0.717, 1.165) is 21.2 Å². The van der Waals surface area contributed by atoms with E-state index in [4.69, 9.17) is 10.3 Å². The van der Waals surface area contributed by atoms with Crippen molar-refractivity contribution in [2.24, 2.45) is 12.9 Å². The van der Waals surface area contributed by atoms with E-state index in [9.17, 15) is 0 Å². The Morgan fingerprint density at radius 2 is 2.35 bits per heavy atom. The minimum absolute atomic E-state index is 0.210. The van der Waals surface area contributed by atoms with Crippen LogP contribution in [0.5, 0.6) is 0 Å². The Bertz CT molecular complexity index is 736. The number of nitrogens with one attached hydrogen (secondary N) is 1. The summed E-state index contributed by atoms with van der Waals surface area (Å²) >= 11 is 3.47. The van der Waals surface area contributed by atoms with E-state index in [2.05, 4.69) is 36.8 Å². The summed E-state index contributed by atoms with van der Waals surface area (Å²) in [7, 11) is 1.72. The first kappa shape index (κ1) is 13.2. The number of benzene rings is 1. The van der Waals surface area contributed by atoms with Crippen LogP contribution in [0, 0.1) is 0 Å². The Kier molecular flexibility index (Phi) is 3.51. The predicted molar refractivity (Wildman–Crippen MR) is 76.5 cm³/mol. The predicted octanol–water partition coefficient (Wildman–Crippen LogP) is 1.47. The fourth-order valence-electron chi connectivity index (χ4n) is 2.05. The maximum Gasteiger partial charge on any atom is 0.176 e. The normalized spacial score (nSPS) is 12.9. The van der Waals surface area contributed by atoms with Crippen molar-refractivity contribution in [3.63, 3.8) is 0 Å². The summed E-state index contributed by atoms with van der Waals surface area (Å²) in [6, 6.07) is 7.63. The van der Waals surface area contributed by atoms with Gasteiger partial charge in [0.2, 0.25) is 0 Å². The van der Waals surface area contributed by atoms with Crippen molar-refractivity contribution in [3.05, 3.63) is 40.3 Å². The highest BCUT2D eigenvalue weighted by atomic mass is 79.9. The zero-order valence-electron chi connectivity index (χ0n) is 10.7. The molecule has 20 heavy (non-hydrogen) atoms. The summed E-state index contributed by atoms with van der Waals surface area (Å²) in [5.74, 6) is 6.96. The van der Waals surface area contributed by atoms with Crippen LogP contribution in [0.4, 0.5) is 0 Å². The quantitative estimate of drug-likeness (QED) is 0.553. The molecule has 0 aliphatic rings. The summed E-state index contributed by atoms with van der Waals surface area (Å²) in [5.41, 5.74) is 3.53. The number of halogens is 1. The van der Waals surface area contributed by atoms with Gasteiger partial charge in [0.1, 0.15) is 11.3 Å². The molecular formula is C12H13BrN6O. The number of tetrazole rings is 1. The lowest BCUT2D eigenvalue weighted by atomic mass is 10.1. The van der Waals surface area contributed by atoms with Gasteiger partial charge < -0.3 is 4.42 Å². The second-order valence-corrected chi connectivity index (χ2v) is 5.28. The molecule has 0 aliphatic heterocycles. The molecule has 3 N–H and O–H groups in total. The van der Waals surface area contributed by atoms with Gasteiger partial charge in [-0.05, 0) is 33.3 Å². The summed E-state index contributed by atoms with van der Waals surface area (Å²) in [6.07, 6.45) is 0.502. The van der Waals surface area contributed by atoms with Gasteiger partial charge in [-0.2, -0.15) is 4.80 Å². The average Bonchev–Trinajstić information content (AvgIpc) is 3.03. The molecule has 104 valence electrons. The summed E-state index contributed by atoms with van der Waals surface area (Å²) in [4.78, 5) is 1.41. The van der Waals surface area contributed by atoms with Gasteiger partial charge >= 0.3 is 0 Å². The Labute approximate surface area is 123 Å². The fraction of sp³-hybridized carbons (Fsp3) is 0.250. The van der Waals surface area contributed by atoms with Gasteiger partial charge in [-0.1, -0.05) is 12.1 Å². The number of furan rings is 1. The first-order valence-electron chi connectivity index (χ1n) is 6.04. The van der Waals surface area contributed by atoms with Gasteiger partial charge in [0.15, 0.2) is 5.82 Å². The van der Waals surface area contributed by atoms with E-state index < -0.39 is 0 Å². The van der Waals surface area contributed by atoms with Gasteiger partial charge in [-0.3, -0.25) is 5.84 Å². The van der Waals surface area contributed by atoms with Gasteiger partial charge in [-0.25, -0.2) is 5.43 Å². The first-order chi connectivity index (χ1) is 9.67. The third-order valence-electron chi connectivity index (χ3n) is 3.00. The average molecular weight is 337 g/mol. The second kappa shape index (κ2) is 5.31. The molecule has 0 spiro atoms. The van der Waals surface area contributed by atoms with Crippen molar-refractivity contribution in [1.29, 1.82) is 0 Å². The molecule has 7 nitrogen and oxygen atoms in total. The largest absolute Gasteiger partial charge is 0.458 e. The number of rotatable bonds is 4. The van der Waals surface area contributed by atoms with E-state index in [1.54, 1.807) is 7.05 Å². The molecule has 0 saturated heterocycles. The van der Waals surface area contributed by atoms with Crippen LogP contribution in [-0.4, -0.2) is 20.2 Å². The zero-order chi connectivity index (χ0) is 14.1. The summed E-state index contributed by atoms with van der Waals surface area (Å²) < 4.78 is 6.77. The number of aryl methyl sites for hydroxylation is 1. The van der Waals surface area contributed by atoms with Crippen molar-refractivity contribution in [2.75, 3.05) is 0 Å².